The largest absolute Gasteiger partial charge is 0.311 e. The van der Waals surface area contributed by atoms with Crippen LogP contribution in [0.5, 0.6) is 0 Å². The summed E-state index contributed by atoms with van der Waals surface area (Å²) < 4.78 is 0. The van der Waals surface area contributed by atoms with Gasteiger partial charge in [0.05, 0.1) is 0 Å². The molecule has 7 aromatic rings. The van der Waals surface area contributed by atoms with Crippen LogP contribution in [0.2, 0.25) is 0 Å². The van der Waals surface area contributed by atoms with Gasteiger partial charge in [-0.05, 0) is 195 Å². The third-order valence-electron chi connectivity index (χ3n) is 16.7. The van der Waals surface area contributed by atoms with Gasteiger partial charge in [-0.3, -0.25) is 0 Å². The van der Waals surface area contributed by atoms with E-state index < -0.39 is 0 Å². The lowest BCUT2D eigenvalue weighted by atomic mass is 9.33. The fraction of sp³-hybridized carbons (Fsp3) is 0.344. The van der Waals surface area contributed by atoms with Crippen molar-refractivity contribution in [1.82, 2.24) is 0 Å². The molecule has 11 rings (SSSR count). The Labute approximate surface area is 408 Å². The maximum Gasteiger partial charge on any atom is 0.252 e. The summed E-state index contributed by atoms with van der Waals surface area (Å²) in [7, 11) is 0. The number of hydrogen-bond donors (Lipinski definition) is 0. The van der Waals surface area contributed by atoms with Crippen LogP contribution in [0.25, 0.3) is 0 Å². The van der Waals surface area contributed by atoms with Crippen molar-refractivity contribution in [3.63, 3.8) is 0 Å². The van der Waals surface area contributed by atoms with E-state index in [1.807, 2.05) is 0 Å². The molecule has 0 aromatic heterocycles. The zero-order valence-electron chi connectivity index (χ0n) is 43.2. The molecule has 2 aliphatic carbocycles. The fourth-order valence-electron chi connectivity index (χ4n) is 13.2. The highest BCUT2D eigenvalue weighted by Crippen LogP contribution is 2.55. The van der Waals surface area contributed by atoms with Crippen molar-refractivity contribution in [3.8, 4) is 0 Å². The van der Waals surface area contributed by atoms with Gasteiger partial charge in [-0.2, -0.15) is 0 Å². The smallest absolute Gasteiger partial charge is 0.252 e. The van der Waals surface area contributed by atoms with Crippen LogP contribution in [0.15, 0.2) is 133 Å². The zero-order chi connectivity index (χ0) is 48.0. The second kappa shape index (κ2) is 15.0. The van der Waals surface area contributed by atoms with Crippen LogP contribution >= 0.6 is 0 Å². The molecule has 2 aliphatic heterocycles. The first kappa shape index (κ1) is 44.5. The number of rotatable bonds is 5. The van der Waals surface area contributed by atoms with Crippen LogP contribution in [0.4, 0.5) is 51.2 Å². The molecule has 344 valence electrons. The van der Waals surface area contributed by atoms with E-state index in [-0.39, 0.29) is 33.8 Å². The van der Waals surface area contributed by atoms with Crippen LogP contribution in [0.3, 0.4) is 0 Å². The highest BCUT2D eigenvalue weighted by Gasteiger charge is 2.48. The van der Waals surface area contributed by atoms with Gasteiger partial charge in [-0.15, -0.1) is 0 Å². The van der Waals surface area contributed by atoms with Gasteiger partial charge < -0.3 is 14.7 Å². The molecule has 0 fully saturated rings. The molecule has 0 amide bonds. The summed E-state index contributed by atoms with van der Waals surface area (Å²) >= 11 is 0. The van der Waals surface area contributed by atoms with Crippen molar-refractivity contribution in [3.05, 3.63) is 178 Å². The lowest BCUT2D eigenvalue weighted by Crippen LogP contribution is -2.62. The first-order chi connectivity index (χ1) is 32.1. The van der Waals surface area contributed by atoms with Crippen LogP contribution in [0, 0.1) is 20.8 Å². The molecule has 3 nitrogen and oxygen atoms in total. The van der Waals surface area contributed by atoms with Gasteiger partial charge in [0.2, 0.25) is 0 Å². The minimum Gasteiger partial charge on any atom is -0.311 e. The lowest BCUT2D eigenvalue weighted by molar-refractivity contribution is 0.332. The molecule has 68 heavy (non-hydrogen) atoms. The Bertz CT molecular complexity index is 3140. The third kappa shape index (κ3) is 6.82. The Morgan fingerprint density at radius 3 is 1.51 bits per heavy atom. The molecule has 4 heteroatoms. The molecule has 0 radical (unpaired) electrons. The monoisotopic (exact) mass is 892 g/mol. The number of fused-ring (bicyclic) bond motifs is 6. The number of para-hydroxylation sites is 2. The van der Waals surface area contributed by atoms with E-state index in [0.29, 0.717) is 0 Å². The van der Waals surface area contributed by atoms with E-state index in [1.165, 1.54) is 108 Å². The second-order valence-electron chi connectivity index (χ2n) is 24.7. The summed E-state index contributed by atoms with van der Waals surface area (Å²) in [6, 6.07) is 51.8. The van der Waals surface area contributed by atoms with Crippen molar-refractivity contribution >= 4 is 74.3 Å². The number of nitrogens with zero attached hydrogens (tertiary/aromatic N) is 3. The Hall–Kier alpha value is -6.00. The Balaban J connectivity index is 1.25. The van der Waals surface area contributed by atoms with E-state index in [2.05, 4.69) is 245 Å². The Morgan fingerprint density at radius 1 is 0.441 bits per heavy atom. The zero-order valence-corrected chi connectivity index (χ0v) is 43.2. The summed E-state index contributed by atoms with van der Waals surface area (Å²) in [6.45, 7) is 33.7. The molecule has 0 N–H and O–H groups in total. The predicted molar refractivity (Wildman–Crippen MR) is 294 cm³/mol. The maximum atomic E-state index is 2.68. The molecule has 4 aliphatic rings. The highest BCUT2D eigenvalue weighted by atomic mass is 15.2. The average Bonchev–Trinajstić information content (AvgIpc) is 3.46. The van der Waals surface area contributed by atoms with E-state index >= 15 is 0 Å². The quantitative estimate of drug-likeness (QED) is 0.159. The fourth-order valence-corrected chi connectivity index (χ4v) is 13.2. The molecule has 0 spiro atoms. The molecular formula is C64H70BN3. The van der Waals surface area contributed by atoms with E-state index in [9.17, 15) is 0 Å². The highest BCUT2D eigenvalue weighted by molar-refractivity contribution is 7.00. The van der Waals surface area contributed by atoms with Crippen LogP contribution in [-0.2, 0) is 27.1 Å². The lowest BCUT2D eigenvalue weighted by Gasteiger charge is -2.48. The molecule has 2 heterocycles. The topological polar surface area (TPSA) is 9.72 Å². The Morgan fingerprint density at radius 2 is 0.941 bits per heavy atom. The molecule has 0 unspecified atom stereocenters. The first-order valence-corrected chi connectivity index (χ1v) is 25.3. The van der Waals surface area contributed by atoms with Crippen LogP contribution in [-0.4, -0.2) is 6.71 Å². The molecule has 7 aromatic carbocycles. The van der Waals surface area contributed by atoms with Gasteiger partial charge in [0.1, 0.15) is 0 Å². The van der Waals surface area contributed by atoms with Gasteiger partial charge in [0.15, 0.2) is 0 Å². The molecule has 0 saturated carbocycles. The summed E-state index contributed by atoms with van der Waals surface area (Å²) in [5.41, 5.74) is 26.7. The van der Waals surface area contributed by atoms with E-state index in [0.717, 1.165) is 23.5 Å². The summed E-state index contributed by atoms with van der Waals surface area (Å²) in [5.74, 6) is 0. The second-order valence-corrected chi connectivity index (χ2v) is 24.7. The van der Waals surface area contributed by atoms with Crippen molar-refractivity contribution in [2.24, 2.45) is 0 Å². The first-order valence-electron chi connectivity index (χ1n) is 25.3. The van der Waals surface area contributed by atoms with Crippen molar-refractivity contribution < 1.29 is 0 Å². The van der Waals surface area contributed by atoms with E-state index in [1.54, 1.807) is 0 Å². The SMILES string of the molecule is Cc1cc2c3c(c1)N(c1ccc(C(C)(C)C)cc1C)c1cc4c(cc1B3c1ccc(N(c3ccccc3)c3ccccc3)cc1N2c1cc2c(cc1C)C(C)(C)CC2(C)C)C(C)(C)CCC4(C)C. The normalized spacial score (nSPS) is 17.8. The van der Waals surface area contributed by atoms with Crippen molar-refractivity contribution in [1.29, 1.82) is 0 Å². The minimum absolute atomic E-state index is 0.0134. The van der Waals surface area contributed by atoms with E-state index in [4.69, 9.17) is 0 Å². The summed E-state index contributed by atoms with van der Waals surface area (Å²) in [4.78, 5) is 7.78. The van der Waals surface area contributed by atoms with Gasteiger partial charge in [-0.25, -0.2) is 0 Å². The van der Waals surface area contributed by atoms with Crippen molar-refractivity contribution in [2.45, 2.75) is 143 Å². The van der Waals surface area contributed by atoms with Crippen LogP contribution < -0.4 is 31.1 Å². The number of anilines is 9. The molecular weight excluding hydrogens is 822 g/mol. The van der Waals surface area contributed by atoms with Gasteiger partial charge >= 0.3 is 0 Å². The number of aryl methyl sites for hydroxylation is 3. The van der Waals surface area contributed by atoms with Gasteiger partial charge in [-0.1, -0.05) is 143 Å². The van der Waals surface area contributed by atoms with Gasteiger partial charge in [0.25, 0.3) is 6.71 Å². The summed E-state index contributed by atoms with van der Waals surface area (Å²) in [5, 5.41) is 0. The molecule has 0 bridgehead atoms. The van der Waals surface area contributed by atoms with Crippen molar-refractivity contribution in [2.75, 3.05) is 14.7 Å². The standard InChI is InChI=1S/C64H70BN3/c1-40-31-57-59-58(32-40)68(54-37-50-47(34-42(54)3)63(11,12)39-64(50,13)14)55-35-46(66(44-21-17-15-18-22-44)45-23-19-16-20-24-45)26-27-51(55)65(59)52-36-48-49(62(9,10)30-29-61(48,7)8)38-56(52)67(57)53-28-25-43(33-41(53)2)60(4,5)6/h15-28,31-38H,29-30,39H2,1-14H3. The minimum atomic E-state index is 0.0134. The number of benzene rings is 7. The number of hydrogen-bond acceptors (Lipinski definition) is 3. The third-order valence-corrected chi connectivity index (χ3v) is 16.7. The molecule has 0 saturated heterocycles. The van der Waals surface area contributed by atoms with Crippen LogP contribution in [0.1, 0.15) is 140 Å². The van der Waals surface area contributed by atoms with Gasteiger partial charge in [0, 0.05) is 51.2 Å². The molecule has 0 atom stereocenters. The average molecular weight is 892 g/mol. The Kier molecular flexibility index (Phi) is 9.82. The summed E-state index contributed by atoms with van der Waals surface area (Å²) in [6.07, 6.45) is 3.46. The predicted octanol–water partition coefficient (Wildman–Crippen LogP) is 15.8. The maximum absolute atomic E-state index is 2.68.